The normalized spacial score (nSPS) is 52.6. The molecule has 1 heterocycles. The molecule has 0 spiro atoms. The van der Waals surface area contributed by atoms with Crippen LogP contribution in [0.3, 0.4) is 0 Å². The molecule has 4 N–H and O–H groups in total. The molecule has 1 rings (SSSR count). The molecule has 5 heteroatoms. The van der Waals surface area contributed by atoms with Crippen LogP contribution in [0.2, 0.25) is 0 Å². The molecule has 0 radical (unpaired) electrons. The quantitative estimate of drug-likeness (QED) is 0.326. The summed E-state index contributed by atoms with van der Waals surface area (Å²) in [7, 11) is 0. The third-order valence-electron chi connectivity index (χ3n) is 1.83. The second-order valence-corrected chi connectivity index (χ2v) is 2.70. The maximum atomic E-state index is 9.09. The molecule has 11 heavy (non-hydrogen) atoms. The van der Waals surface area contributed by atoms with Gasteiger partial charge in [0.15, 0.2) is 6.29 Å². The Kier molecular flexibility index (Phi) is 2.46. The highest BCUT2D eigenvalue weighted by atomic mass is 16.6. The van der Waals surface area contributed by atoms with Crippen molar-refractivity contribution < 1.29 is 25.2 Å². The Balaban J connectivity index is 2.63. The van der Waals surface area contributed by atoms with Crippen LogP contribution in [0.25, 0.3) is 0 Å². The zero-order valence-corrected chi connectivity index (χ0v) is 6.08. The van der Waals surface area contributed by atoms with Gasteiger partial charge in [0, 0.05) is 0 Å². The van der Waals surface area contributed by atoms with E-state index >= 15 is 0 Å². The van der Waals surface area contributed by atoms with E-state index in [0.29, 0.717) is 0 Å². The molecule has 0 bridgehead atoms. The molecule has 0 aromatic heterocycles. The molecule has 0 aromatic carbocycles. The largest absolute Gasteiger partial charge is 0.388 e. The highest BCUT2D eigenvalue weighted by Crippen LogP contribution is 2.18. The van der Waals surface area contributed by atoms with E-state index in [0.717, 1.165) is 0 Å². The van der Waals surface area contributed by atoms with Gasteiger partial charge in [-0.3, -0.25) is 0 Å². The summed E-state index contributed by atoms with van der Waals surface area (Å²) in [6.45, 7) is 1.50. The van der Waals surface area contributed by atoms with Crippen LogP contribution in [0, 0.1) is 0 Å². The zero-order chi connectivity index (χ0) is 8.59. The summed E-state index contributed by atoms with van der Waals surface area (Å²) in [5.74, 6) is 0. The van der Waals surface area contributed by atoms with E-state index in [1.54, 1.807) is 0 Å². The van der Waals surface area contributed by atoms with Gasteiger partial charge in [0.25, 0.3) is 0 Å². The van der Waals surface area contributed by atoms with Crippen LogP contribution >= 0.6 is 0 Å². The van der Waals surface area contributed by atoms with Crippen LogP contribution in [0.1, 0.15) is 6.92 Å². The van der Waals surface area contributed by atoms with Crippen LogP contribution in [-0.4, -0.2) is 51.1 Å². The third kappa shape index (κ3) is 1.52. The minimum Gasteiger partial charge on any atom is -0.388 e. The molecule has 5 atom stereocenters. The van der Waals surface area contributed by atoms with E-state index in [9.17, 15) is 0 Å². The van der Waals surface area contributed by atoms with Crippen LogP contribution < -0.4 is 0 Å². The average Bonchev–Trinajstić information content (AvgIpc) is 1.97. The summed E-state index contributed by atoms with van der Waals surface area (Å²) in [6.07, 6.45) is -5.99. The second-order valence-electron chi connectivity index (χ2n) is 2.70. The van der Waals surface area contributed by atoms with E-state index in [4.69, 9.17) is 20.4 Å². The molecule has 1 aliphatic rings. The van der Waals surface area contributed by atoms with Gasteiger partial charge in [0.2, 0.25) is 0 Å². The molecule has 0 saturated carbocycles. The molecule has 1 aliphatic heterocycles. The van der Waals surface area contributed by atoms with Crippen molar-refractivity contribution in [2.24, 2.45) is 0 Å². The number of aliphatic hydroxyl groups excluding tert-OH is 4. The molecule has 0 amide bonds. The van der Waals surface area contributed by atoms with Crippen molar-refractivity contribution in [2.45, 2.75) is 37.6 Å². The summed E-state index contributed by atoms with van der Waals surface area (Å²) in [5.41, 5.74) is 0. The molecule has 66 valence electrons. The van der Waals surface area contributed by atoms with Gasteiger partial charge >= 0.3 is 0 Å². The smallest absolute Gasteiger partial charge is 0.183 e. The Morgan fingerprint density at radius 1 is 0.909 bits per heavy atom. The van der Waals surface area contributed by atoms with Crippen molar-refractivity contribution in [3.05, 3.63) is 0 Å². The predicted octanol–water partition coefficient (Wildman–Crippen LogP) is -2.19. The minimum absolute atomic E-state index is 0.664. The van der Waals surface area contributed by atoms with Gasteiger partial charge in [-0.25, -0.2) is 0 Å². The lowest BCUT2D eigenvalue weighted by atomic mass is 10.0. The van der Waals surface area contributed by atoms with E-state index in [1.807, 2.05) is 0 Å². The van der Waals surface area contributed by atoms with Gasteiger partial charge < -0.3 is 25.2 Å². The summed E-state index contributed by atoms with van der Waals surface area (Å²) in [4.78, 5) is 0. The lowest BCUT2D eigenvalue weighted by Crippen LogP contribution is -2.56. The Labute approximate surface area is 63.8 Å². The fourth-order valence-electron chi connectivity index (χ4n) is 1.03. The molecule has 1 saturated heterocycles. The van der Waals surface area contributed by atoms with Gasteiger partial charge in [-0.05, 0) is 6.92 Å². The zero-order valence-electron chi connectivity index (χ0n) is 6.08. The van der Waals surface area contributed by atoms with Gasteiger partial charge in [0.05, 0.1) is 6.10 Å². The monoisotopic (exact) mass is 164 g/mol. The van der Waals surface area contributed by atoms with E-state index in [2.05, 4.69) is 4.74 Å². The third-order valence-corrected chi connectivity index (χ3v) is 1.83. The van der Waals surface area contributed by atoms with Gasteiger partial charge in [-0.15, -0.1) is 0 Å². The SMILES string of the molecule is C[C@H]1OC(O)[C@@H](O)[C@H](O)[C@H]1O. The first-order chi connectivity index (χ1) is 5.04. The molecule has 0 aromatic rings. The number of ether oxygens (including phenoxy) is 1. The van der Waals surface area contributed by atoms with Gasteiger partial charge in [-0.1, -0.05) is 0 Å². The Morgan fingerprint density at radius 3 is 2.00 bits per heavy atom. The fraction of sp³-hybridized carbons (Fsp3) is 1.00. The molecule has 5 nitrogen and oxygen atoms in total. The Morgan fingerprint density at radius 2 is 1.45 bits per heavy atom. The molecule has 0 aliphatic carbocycles. The summed E-state index contributed by atoms with van der Waals surface area (Å²) < 4.78 is 4.68. The Bertz CT molecular complexity index is 125. The van der Waals surface area contributed by atoms with Crippen molar-refractivity contribution in [2.75, 3.05) is 0 Å². The van der Waals surface area contributed by atoms with Gasteiger partial charge in [0.1, 0.15) is 18.3 Å². The topological polar surface area (TPSA) is 90.2 Å². The predicted molar refractivity (Wildman–Crippen MR) is 34.6 cm³/mol. The first kappa shape index (κ1) is 8.89. The highest BCUT2D eigenvalue weighted by Gasteiger charge is 2.40. The van der Waals surface area contributed by atoms with Crippen LogP contribution in [0.5, 0.6) is 0 Å². The summed E-state index contributed by atoms with van der Waals surface area (Å²) in [5, 5.41) is 36.0. The Hall–Kier alpha value is -0.200. The highest BCUT2D eigenvalue weighted by molar-refractivity contribution is 4.86. The van der Waals surface area contributed by atoms with E-state index < -0.39 is 30.7 Å². The van der Waals surface area contributed by atoms with Crippen LogP contribution in [0.15, 0.2) is 0 Å². The molecular formula is C6H12O5. The fourth-order valence-corrected chi connectivity index (χ4v) is 1.03. The lowest BCUT2D eigenvalue weighted by Gasteiger charge is -2.36. The average molecular weight is 164 g/mol. The maximum absolute atomic E-state index is 9.09. The van der Waals surface area contributed by atoms with Crippen molar-refractivity contribution in [1.82, 2.24) is 0 Å². The standard InChI is InChI=1S/C6H12O5/c1-2-3(7)4(8)5(9)6(10)11-2/h2-10H,1H3/t2-,3+,4-,5+,6?/m1/s1. The van der Waals surface area contributed by atoms with Crippen molar-refractivity contribution in [1.29, 1.82) is 0 Å². The van der Waals surface area contributed by atoms with Crippen molar-refractivity contribution in [3.63, 3.8) is 0 Å². The first-order valence-electron chi connectivity index (χ1n) is 3.41. The van der Waals surface area contributed by atoms with Gasteiger partial charge in [-0.2, -0.15) is 0 Å². The number of aliphatic hydroxyl groups is 4. The number of hydrogen-bond donors (Lipinski definition) is 4. The van der Waals surface area contributed by atoms with E-state index in [-0.39, 0.29) is 0 Å². The second kappa shape index (κ2) is 3.04. The summed E-state index contributed by atoms with van der Waals surface area (Å²) in [6, 6.07) is 0. The minimum atomic E-state index is -1.43. The molecular weight excluding hydrogens is 152 g/mol. The number of hydrogen-bond acceptors (Lipinski definition) is 5. The maximum Gasteiger partial charge on any atom is 0.183 e. The lowest BCUT2D eigenvalue weighted by molar-refractivity contribution is -0.277. The molecule has 1 unspecified atom stereocenters. The summed E-state index contributed by atoms with van der Waals surface area (Å²) >= 11 is 0. The molecule has 1 fully saturated rings. The van der Waals surface area contributed by atoms with Crippen molar-refractivity contribution >= 4 is 0 Å². The first-order valence-corrected chi connectivity index (χ1v) is 3.41. The number of rotatable bonds is 0. The van der Waals surface area contributed by atoms with E-state index in [1.165, 1.54) is 6.92 Å². The van der Waals surface area contributed by atoms with Crippen molar-refractivity contribution in [3.8, 4) is 0 Å². The van der Waals surface area contributed by atoms with Crippen LogP contribution in [-0.2, 0) is 4.74 Å². The van der Waals surface area contributed by atoms with Crippen LogP contribution in [0.4, 0.5) is 0 Å².